The van der Waals surface area contributed by atoms with E-state index in [9.17, 15) is 4.79 Å². The zero-order valence-corrected chi connectivity index (χ0v) is 10.1. The Hall–Kier alpha value is -1.24. The number of hydrogen-bond acceptors (Lipinski definition) is 2. The van der Waals surface area contributed by atoms with Crippen molar-refractivity contribution in [3.63, 3.8) is 0 Å². The van der Waals surface area contributed by atoms with Gasteiger partial charge in [-0.2, -0.15) is 5.26 Å². The number of carbonyl (C=O) groups excluding carboxylic acids is 1. The summed E-state index contributed by atoms with van der Waals surface area (Å²) in [5.41, 5.74) is 0.318. The molecule has 0 spiro atoms. The summed E-state index contributed by atoms with van der Waals surface area (Å²) < 4.78 is 0. The number of rotatable bonds is 3. The zero-order chi connectivity index (χ0) is 12.1. The summed E-state index contributed by atoms with van der Waals surface area (Å²) in [7, 11) is 0. The van der Waals surface area contributed by atoms with Gasteiger partial charge in [0.1, 0.15) is 0 Å². The third kappa shape index (κ3) is 3.41. The van der Waals surface area contributed by atoms with Crippen LogP contribution in [0.3, 0.4) is 0 Å². The van der Waals surface area contributed by atoms with E-state index in [1.165, 1.54) is 6.07 Å². The van der Waals surface area contributed by atoms with E-state index in [2.05, 4.69) is 5.32 Å². The fraction of sp³-hybridized carbons (Fsp3) is 0.273. The van der Waals surface area contributed by atoms with Crippen molar-refractivity contribution in [2.75, 3.05) is 0 Å². The Morgan fingerprint density at radius 2 is 2.25 bits per heavy atom. The summed E-state index contributed by atoms with van der Waals surface area (Å²) in [5.74, 6) is -0.324. The first-order valence-corrected chi connectivity index (χ1v) is 5.43. The summed E-state index contributed by atoms with van der Waals surface area (Å²) in [5, 5.41) is 11.9. The van der Waals surface area contributed by atoms with Gasteiger partial charge in [-0.25, -0.2) is 0 Å². The second kappa shape index (κ2) is 5.74. The Morgan fingerprint density at radius 1 is 1.56 bits per heavy atom. The Labute approximate surface area is 104 Å². The van der Waals surface area contributed by atoms with Crippen LogP contribution in [0.15, 0.2) is 18.2 Å². The van der Waals surface area contributed by atoms with Gasteiger partial charge in [-0.15, -0.1) is 0 Å². The van der Waals surface area contributed by atoms with Crippen molar-refractivity contribution >= 4 is 29.1 Å². The summed E-state index contributed by atoms with van der Waals surface area (Å²) in [4.78, 5) is 11.7. The van der Waals surface area contributed by atoms with Gasteiger partial charge in [-0.05, 0) is 25.1 Å². The van der Waals surface area contributed by atoms with Gasteiger partial charge in [-0.1, -0.05) is 23.2 Å². The van der Waals surface area contributed by atoms with E-state index in [4.69, 9.17) is 28.5 Å². The molecule has 1 rings (SSSR count). The predicted molar refractivity (Wildman–Crippen MR) is 63.6 cm³/mol. The van der Waals surface area contributed by atoms with E-state index in [0.29, 0.717) is 15.6 Å². The average molecular weight is 257 g/mol. The van der Waals surface area contributed by atoms with Crippen LogP contribution in [0, 0.1) is 11.3 Å². The third-order valence-corrected chi connectivity index (χ3v) is 2.51. The first-order chi connectivity index (χ1) is 7.54. The lowest BCUT2D eigenvalue weighted by molar-refractivity contribution is 0.0941. The van der Waals surface area contributed by atoms with E-state index in [1.807, 2.05) is 6.07 Å². The highest BCUT2D eigenvalue weighted by atomic mass is 35.5. The van der Waals surface area contributed by atoms with Crippen LogP contribution in [-0.2, 0) is 0 Å². The molecule has 1 aromatic carbocycles. The van der Waals surface area contributed by atoms with Gasteiger partial charge in [0.2, 0.25) is 0 Å². The van der Waals surface area contributed by atoms with Gasteiger partial charge in [0, 0.05) is 11.1 Å². The van der Waals surface area contributed by atoms with Crippen molar-refractivity contribution < 1.29 is 4.79 Å². The summed E-state index contributed by atoms with van der Waals surface area (Å²) in [6.07, 6.45) is 0.254. The molecule has 0 saturated carbocycles. The molecular formula is C11H10Cl2N2O. The average Bonchev–Trinajstić information content (AvgIpc) is 2.21. The number of nitrogens with one attached hydrogen (secondary N) is 1. The number of hydrogen-bond donors (Lipinski definition) is 1. The SMILES string of the molecule is CC(CC#N)NC(=O)c1cc(Cl)ccc1Cl. The second-order valence-electron chi connectivity index (χ2n) is 3.36. The highest BCUT2D eigenvalue weighted by Gasteiger charge is 2.13. The molecular weight excluding hydrogens is 247 g/mol. The molecule has 0 fully saturated rings. The lowest BCUT2D eigenvalue weighted by atomic mass is 10.2. The number of amides is 1. The van der Waals surface area contributed by atoms with E-state index in [-0.39, 0.29) is 18.4 Å². The van der Waals surface area contributed by atoms with E-state index < -0.39 is 0 Å². The van der Waals surface area contributed by atoms with Gasteiger partial charge in [0.25, 0.3) is 5.91 Å². The van der Waals surface area contributed by atoms with Crippen LogP contribution in [0.25, 0.3) is 0 Å². The molecule has 16 heavy (non-hydrogen) atoms. The van der Waals surface area contributed by atoms with Crippen LogP contribution in [-0.4, -0.2) is 11.9 Å². The Kier molecular flexibility index (Phi) is 4.60. The van der Waals surface area contributed by atoms with Crippen LogP contribution >= 0.6 is 23.2 Å². The molecule has 3 nitrogen and oxygen atoms in total. The lowest BCUT2D eigenvalue weighted by Gasteiger charge is -2.11. The van der Waals surface area contributed by atoms with Crippen molar-refractivity contribution in [1.29, 1.82) is 5.26 Å². The second-order valence-corrected chi connectivity index (χ2v) is 4.20. The molecule has 1 atom stereocenters. The topological polar surface area (TPSA) is 52.9 Å². The van der Waals surface area contributed by atoms with Gasteiger partial charge < -0.3 is 5.32 Å². The molecule has 0 heterocycles. The maximum Gasteiger partial charge on any atom is 0.253 e. The fourth-order valence-electron chi connectivity index (χ4n) is 1.16. The molecule has 0 bridgehead atoms. The molecule has 1 amide bonds. The molecule has 0 radical (unpaired) electrons. The maximum absolute atomic E-state index is 11.7. The number of carbonyl (C=O) groups is 1. The molecule has 5 heteroatoms. The fourth-order valence-corrected chi connectivity index (χ4v) is 1.54. The normalized spacial score (nSPS) is 11.6. The van der Waals surface area contributed by atoms with Crippen molar-refractivity contribution in [3.8, 4) is 6.07 Å². The van der Waals surface area contributed by atoms with Gasteiger partial charge in [0.05, 0.1) is 23.1 Å². The molecule has 1 unspecified atom stereocenters. The van der Waals surface area contributed by atoms with E-state index in [0.717, 1.165) is 0 Å². The minimum atomic E-state index is -0.324. The van der Waals surface area contributed by atoms with Crippen molar-refractivity contribution in [2.45, 2.75) is 19.4 Å². The summed E-state index contributed by atoms with van der Waals surface area (Å²) >= 11 is 11.6. The third-order valence-electron chi connectivity index (χ3n) is 1.95. The number of benzene rings is 1. The molecule has 84 valence electrons. The van der Waals surface area contributed by atoms with Crippen LogP contribution in [0.5, 0.6) is 0 Å². The quantitative estimate of drug-likeness (QED) is 0.904. The molecule has 0 saturated heterocycles. The van der Waals surface area contributed by atoms with Crippen LogP contribution < -0.4 is 5.32 Å². The first-order valence-electron chi connectivity index (χ1n) is 4.67. The minimum absolute atomic E-state index is 0.215. The molecule has 1 N–H and O–H groups in total. The highest BCUT2D eigenvalue weighted by molar-refractivity contribution is 6.35. The van der Waals surface area contributed by atoms with E-state index >= 15 is 0 Å². The van der Waals surface area contributed by atoms with Gasteiger partial charge >= 0.3 is 0 Å². The monoisotopic (exact) mass is 256 g/mol. The Bertz CT molecular complexity index is 440. The summed E-state index contributed by atoms with van der Waals surface area (Å²) in [6.45, 7) is 1.75. The molecule has 1 aromatic rings. The van der Waals surface area contributed by atoms with Crippen LogP contribution in [0.4, 0.5) is 0 Å². The van der Waals surface area contributed by atoms with Gasteiger partial charge in [0.15, 0.2) is 0 Å². The largest absolute Gasteiger partial charge is 0.349 e. The first kappa shape index (κ1) is 12.8. The minimum Gasteiger partial charge on any atom is -0.349 e. The summed E-state index contributed by atoms with van der Waals surface area (Å²) in [6, 6.07) is 6.43. The molecule has 0 aromatic heterocycles. The molecule has 0 aliphatic rings. The Morgan fingerprint density at radius 3 is 2.88 bits per heavy atom. The molecule has 0 aliphatic carbocycles. The maximum atomic E-state index is 11.7. The highest BCUT2D eigenvalue weighted by Crippen LogP contribution is 2.20. The zero-order valence-electron chi connectivity index (χ0n) is 8.63. The van der Waals surface area contributed by atoms with Crippen molar-refractivity contribution in [2.24, 2.45) is 0 Å². The van der Waals surface area contributed by atoms with Crippen LogP contribution in [0.2, 0.25) is 10.0 Å². The Balaban J connectivity index is 2.81. The van der Waals surface area contributed by atoms with E-state index in [1.54, 1.807) is 19.1 Å². The standard InChI is InChI=1S/C11H10Cl2N2O/c1-7(4-5-14)15-11(16)9-6-8(12)2-3-10(9)13/h2-3,6-7H,4H2,1H3,(H,15,16). The number of nitrogens with zero attached hydrogens (tertiary/aromatic N) is 1. The lowest BCUT2D eigenvalue weighted by Crippen LogP contribution is -2.32. The van der Waals surface area contributed by atoms with Gasteiger partial charge in [-0.3, -0.25) is 4.79 Å². The van der Waals surface area contributed by atoms with Crippen molar-refractivity contribution in [1.82, 2.24) is 5.32 Å². The van der Waals surface area contributed by atoms with Crippen LogP contribution in [0.1, 0.15) is 23.7 Å². The smallest absolute Gasteiger partial charge is 0.253 e. The predicted octanol–water partition coefficient (Wildman–Crippen LogP) is 3.03. The number of halogens is 2. The molecule has 0 aliphatic heterocycles. The van der Waals surface area contributed by atoms with Crippen molar-refractivity contribution in [3.05, 3.63) is 33.8 Å². The number of nitriles is 1.